The molecule has 0 unspecified atom stereocenters. The van der Waals surface area contributed by atoms with Crippen molar-refractivity contribution >= 4 is 35.0 Å². The highest BCUT2D eigenvalue weighted by atomic mass is 32.1. The van der Waals surface area contributed by atoms with Gasteiger partial charge in [0, 0.05) is 18.0 Å². The lowest BCUT2D eigenvalue weighted by Crippen LogP contribution is -2.30. The van der Waals surface area contributed by atoms with E-state index < -0.39 is 0 Å². The Morgan fingerprint density at radius 3 is 2.72 bits per heavy atom. The van der Waals surface area contributed by atoms with Gasteiger partial charge in [0.2, 0.25) is 0 Å². The lowest BCUT2D eigenvalue weighted by Gasteiger charge is -2.13. The normalized spacial score (nSPS) is 15.1. The van der Waals surface area contributed by atoms with Gasteiger partial charge in [0.15, 0.2) is 5.11 Å². The third-order valence-electron chi connectivity index (χ3n) is 4.47. The monoisotopic (exact) mass is 408 g/mol. The lowest BCUT2D eigenvalue weighted by atomic mass is 10.1. The second-order valence-electron chi connectivity index (χ2n) is 6.38. The van der Waals surface area contributed by atoms with Crippen molar-refractivity contribution in [2.45, 2.75) is 6.54 Å². The molecule has 3 aromatic rings. The number of methoxy groups -OCH3 is 1. The molecule has 8 heteroatoms. The summed E-state index contributed by atoms with van der Waals surface area (Å²) in [5.41, 5.74) is 2.59. The number of ether oxygens (including phenoxy) is 1. The number of carbonyl (C=O) groups is 1. The van der Waals surface area contributed by atoms with Crippen LogP contribution in [0.5, 0.6) is 5.75 Å². The average Bonchev–Trinajstić information content (AvgIpc) is 3.31. The summed E-state index contributed by atoms with van der Waals surface area (Å²) in [6.45, 7) is 0.536. The Labute approximate surface area is 172 Å². The average molecular weight is 408 g/mol. The number of nitrogens with zero attached hydrogens (tertiary/aromatic N) is 3. The number of aromatic nitrogens is 2. The Balaban J connectivity index is 1.63. The molecule has 29 heavy (non-hydrogen) atoms. The number of anilines is 1. The van der Waals surface area contributed by atoms with Gasteiger partial charge in [-0.05, 0) is 66.3 Å². The van der Waals surface area contributed by atoms with Crippen LogP contribution in [0.1, 0.15) is 11.1 Å². The number of thiocarbonyl (C=S) groups is 1. The minimum atomic E-state index is -0.377. The molecule has 6 nitrogen and oxygen atoms in total. The molecule has 1 aliphatic heterocycles. The predicted octanol–water partition coefficient (Wildman–Crippen LogP) is 3.34. The summed E-state index contributed by atoms with van der Waals surface area (Å²) in [5.74, 6) is 0.0563. The van der Waals surface area contributed by atoms with Gasteiger partial charge in [-0.2, -0.15) is 5.10 Å². The van der Waals surface area contributed by atoms with E-state index in [9.17, 15) is 9.18 Å². The van der Waals surface area contributed by atoms with E-state index in [1.165, 1.54) is 29.2 Å². The van der Waals surface area contributed by atoms with E-state index in [4.69, 9.17) is 17.0 Å². The number of amides is 1. The maximum atomic E-state index is 13.2. The van der Waals surface area contributed by atoms with Crippen LogP contribution in [0.25, 0.3) is 6.08 Å². The molecule has 2 heterocycles. The maximum absolute atomic E-state index is 13.2. The number of rotatable bonds is 5. The minimum Gasteiger partial charge on any atom is -0.496 e. The van der Waals surface area contributed by atoms with Gasteiger partial charge in [-0.25, -0.2) is 4.39 Å². The van der Waals surface area contributed by atoms with Crippen LogP contribution in [0.3, 0.4) is 0 Å². The summed E-state index contributed by atoms with van der Waals surface area (Å²) in [4.78, 5) is 14.2. The van der Waals surface area contributed by atoms with Gasteiger partial charge >= 0.3 is 0 Å². The molecule has 0 atom stereocenters. The van der Waals surface area contributed by atoms with Crippen LogP contribution in [-0.4, -0.2) is 27.9 Å². The van der Waals surface area contributed by atoms with Gasteiger partial charge in [-0.1, -0.05) is 6.07 Å². The van der Waals surface area contributed by atoms with Gasteiger partial charge < -0.3 is 10.1 Å². The smallest absolute Gasteiger partial charge is 0.281 e. The summed E-state index contributed by atoms with van der Waals surface area (Å²) in [5, 5.41) is 7.40. The molecule has 0 aliphatic carbocycles. The topological polar surface area (TPSA) is 59.4 Å². The summed E-state index contributed by atoms with van der Waals surface area (Å²) in [6, 6.07) is 13.1. The quantitative estimate of drug-likeness (QED) is 0.518. The van der Waals surface area contributed by atoms with E-state index >= 15 is 0 Å². The molecule has 0 radical (unpaired) electrons. The van der Waals surface area contributed by atoms with Crippen molar-refractivity contribution in [2.24, 2.45) is 0 Å². The second kappa shape index (κ2) is 7.84. The largest absolute Gasteiger partial charge is 0.496 e. The zero-order valence-corrected chi connectivity index (χ0v) is 16.3. The fraction of sp³-hybridized carbons (Fsp3) is 0.0952. The van der Waals surface area contributed by atoms with E-state index in [1.54, 1.807) is 24.1 Å². The highest BCUT2D eigenvalue weighted by Crippen LogP contribution is 2.25. The van der Waals surface area contributed by atoms with Crippen molar-refractivity contribution in [3.8, 4) is 5.75 Å². The van der Waals surface area contributed by atoms with Crippen LogP contribution in [0, 0.1) is 5.82 Å². The molecular weight excluding hydrogens is 391 g/mol. The molecule has 0 saturated carbocycles. The van der Waals surface area contributed by atoms with E-state index in [1.807, 2.05) is 30.5 Å². The number of hydrogen-bond acceptors (Lipinski definition) is 4. The molecule has 1 fully saturated rings. The van der Waals surface area contributed by atoms with Gasteiger partial charge in [0.25, 0.3) is 5.91 Å². The Kier molecular flexibility index (Phi) is 5.09. The highest BCUT2D eigenvalue weighted by molar-refractivity contribution is 7.80. The lowest BCUT2D eigenvalue weighted by molar-refractivity contribution is -0.113. The number of halogens is 1. The van der Waals surface area contributed by atoms with Gasteiger partial charge in [-0.15, -0.1) is 0 Å². The summed E-state index contributed by atoms with van der Waals surface area (Å²) >= 11 is 5.30. The standard InChI is InChI=1S/C21H17FN4O2S/c1-28-19-8-3-14(11-15(19)13-25-10-2-9-23-25)12-18-20(27)26(21(29)24-18)17-6-4-16(22)5-7-17/h2-12H,13H2,1H3,(H,24,29)/b18-12+. The first-order valence-corrected chi connectivity index (χ1v) is 9.23. The van der Waals surface area contributed by atoms with Crippen molar-refractivity contribution < 1.29 is 13.9 Å². The fourth-order valence-electron chi connectivity index (χ4n) is 3.11. The van der Waals surface area contributed by atoms with Crippen LogP contribution in [-0.2, 0) is 11.3 Å². The third-order valence-corrected chi connectivity index (χ3v) is 4.75. The number of benzene rings is 2. The molecule has 0 bridgehead atoms. The first-order valence-electron chi connectivity index (χ1n) is 8.82. The Bertz CT molecular complexity index is 1090. The maximum Gasteiger partial charge on any atom is 0.281 e. The zero-order chi connectivity index (χ0) is 20.4. The molecule has 4 rings (SSSR count). The van der Waals surface area contributed by atoms with Crippen LogP contribution < -0.4 is 15.0 Å². The molecule has 1 aliphatic rings. The first kappa shape index (κ1) is 18.8. The Hall–Kier alpha value is -3.52. The van der Waals surface area contributed by atoms with E-state index in [2.05, 4.69) is 10.4 Å². The second-order valence-corrected chi connectivity index (χ2v) is 6.77. The van der Waals surface area contributed by atoms with Crippen LogP contribution in [0.15, 0.2) is 66.6 Å². The molecule has 146 valence electrons. The van der Waals surface area contributed by atoms with Crippen LogP contribution in [0.4, 0.5) is 10.1 Å². The summed E-state index contributed by atoms with van der Waals surface area (Å²) < 4.78 is 20.4. The molecule has 1 amide bonds. The van der Waals surface area contributed by atoms with Crippen molar-refractivity contribution in [3.05, 3.63) is 83.6 Å². The van der Waals surface area contributed by atoms with E-state index in [-0.39, 0.29) is 16.8 Å². The van der Waals surface area contributed by atoms with Crippen molar-refractivity contribution in [1.29, 1.82) is 0 Å². The van der Waals surface area contributed by atoms with Gasteiger partial charge in [-0.3, -0.25) is 14.4 Å². The Morgan fingerprint density at radius 2 is 2.03 bits per heavy atom. The number of carbonyl (C=O) groups excluding carboxylic acids is 1. The summed E-state index contributed by atoms with van der Waals surface area (Å²) in [7, 11) is 1.61. The first-order chi connectivity index (χ1) is 14.0. The van der Waals surface area contributed by atoms with E-state index in [0.717, 1.165) is 16.9 Å². The predicted molar refractivity (Wildman–Crippen MR) is 112 cm³/mol. The molecule has 2 aromatic carbocycles. The van der Waals surface area contributed by atoms with Crippen molar-refractivity contribution in [3.63, 3.8) is 0 Å². The molecule has 0 spiro atoms. The third kappa shape index (κ3) is 3.88. The number of hydrogen-bond donors (Lipinski definition) is 1. The van der Waals surface area contributed by atoms with Gasteiger partial charge in [0.05, 0.1) is 19.3 Å². The highest BCUT2D eigenvalue weighted by Gasteiger charge is 2.31. The molecule has 1 N–H and O–H groups in total. The van der Waals surface area contributed by atoms with Crippen molar-refractivity contribution in [1.82, 2.24) is 15.1 Å². The minimum absolute atomic E-state index is 0.248. The van der Waals surface area contributed by atoms with E-state index in [0.29, 0.717) is 17.9 Å². The zero-order valence-electron chi connectivity index (χ0n) is 15.5. The van der Waals surface area contributed by atoms with Crippen molar-refractivity contribution in [2.75, 3.05) is 12.0 Å². The Morgan fingerprint density at radius 1 is 1.24 bits per heavy atom. The van der Waals surface area contributed by atoms with Crippen LogP contribution in [0.2, 0.25) is 0 Å². The molecular formula is C21H17FN4O2S. The molecule has 1 saturated heterocycles. The fourth-order valence-corrected chi connectivity index (χ4v) is 3.41. The number of nitrogens with one attached hydrogen (secondary N) is 1. The SMILES string of the molecule is COc1ccc(/C=C2/NC(=S)N(c3ccc(F)cc3)C2=O)cc1Cn1cccn1. The van der Waals surface area contributed by atoms with Crippen LogP contribution >= 0.6 is 12.2 Å². The molecule has 1 aromatic heterocycles. The summed E-state index contributed by atoms with van der Waals surface area (Å²) in [6.07, 6.45) is 5.31. The van der Waals surface area contributed by atoms with Gasteiger partial charge in [0.1, 0.15) is 17.3 Å².